The third-order valence-electron chi connectivity index (χ3n) is 4.36. The Kier molecular flexibility index (Phi) is 6.08. The molecule has 1 saturated heterocycles. The monoisotopic (exact) mass is 393 g/mol. The number of nitro groups is 1. The molecule has 1 aliphatic rings. The predicted molar refractivity (Wildman–Crippen MR) is 103 cm³/mol. The number of nitrogens with one attached hydrogen (secondary N) is 1. The molecule has 2 aromatic carbocycles. The fourth-order valence-electron chi connectivity index (χ4n) is 2.88. The summed E-state index contributed by atoms with van der Waals surface area (Å²) in [6.07, 6.45) is 1.60. The van der Waals surface area contributed by atoms with Gasteiger partial charge in [0.2, 0.25) is 0 Å². The zero-order valence-corrected chi connectivity index (χ0v) is 15.6. The molecule has 6 nitrogen and oxygen atoms in total. The standard InChI is InChI=1S/C18H18Cl2N4O2/c19-16-3-1-14(2-4-16)13-22-7-9-23(10-8-22)21-12-15-11-17(24(25)26)5-6-18(15)20/h1-6,11-12H,7-10,13H2/p+1/b21-12-. The van der Waals surface area contributed by atoms with Crippen molar-refractivity contribution < 1.29 is 9.82 Å². The molecule has 1 aliphatic heterocycles. The topological polar surface area (TPSA) is 63.2 Å². The Morgan fingerprint density at radius 1 is 1.15 bits per heavy atom. The van der Waals surface area contributed by atoms with Gasteiger partial charge in [0.15, 0.2) is 0 Å². The van der Waals surface area contributed by atoms with Crippen molar-refractivity contribution in [1.82, 2.24) is 5.01 Å². The van der Waals surface area contributed by atoms with E-state index in [0.29, 0.717) is 10.6 Å². The average Bonchev–Trinajstić information content (AvgIpc) is 2.64. The van der Waals surface area contributed by atoms with Gasteiger partial charge in [-0.3, -0.25) is 15.1 Å². The van der Waals surface area contributed by atoms with Crippen LogP contribution in [0.1, 0.15) is 11.1 Å². The predicted octanol–water partition coefficient (Wildman–Crippen LogP) is 2.64. The van der Waals surface area contributed by atoms with E-state index in [4.69, 9.17) is 23.2 Å². The number of non-ortho nitro benzene ring substituents is 1. The molecule has 0 aliphatic carbocycles. The molecular weight excluding hydrogens is 375 g/mol. The van der Waals surface area contributed by atoms with Gasteiger partial charge in [0, 0.05) is 33.3 Å². The van der Waals surface area contributed by atoms with Crippen molar-refractivity contribution in [3.8, 4) is 0 Å². The van der Waals surface area contributed by atoms with Crippen LogP contribution in [0.4, 0.5) is 5.69 Å². The zero-order valence-electron chi connectivity index (χ0n) is 14.1. The lowest BCUT2D eigenvalue weighted by atomic mass is 10.2. The molecule has 1 heterocycles. The first kappa shape index (κ1) is 18.6. The van der Waals surface area contributed by atoms with Crippen LogP contribution in [0.3, 0.4) is 0 Å². The molecule has 0 atom stereocenters. The number of hydrogen-bond donors (Lipinski definition) is 1. The lowest BCUT2D eigenvalue weighted by molar-refractivity contribution is -0.918. The first-order chi connectivity index (χ1) is 12.5. The Bertz CT molecular complexity index is 803. The molecule has 0 saturated carbocycles. The Balaban J connectivity index is 1.55. The molecule has 0 bridgehead atoms. The molecule has 1 fully saturated rings. The summed E-state index contributed by atoms with van der Waals surface area (Å²) in [6, 6.07) is 12.3. The summed E-state index contributed by atoms with van der Waals surface area (Å²) in [5, 5.41) is 18.5. The van der Waals surface area contributed by atoms with Crippen molar-refractivity contribution in [1.29, 1.82) is 0 Å². The van der Waals surface area contributed by atoms with E-state index in [0.717, 1.165) is 37.7 Å². The minimum Gasteiger partial charge on any atom is -0.328 e. The molecule has 0 aromatic heterocycles. The van der Waals surface area contributed by atoms with Gasteiger partial charge in [-0.15, -0.1) is 0 Å². The highest BCUT2D eigenvalue weighted by Crippen LogP contribution is 2.20. The maximum absolute atomic E-state index is 10.9. The molecule has 0 amide bonds. The van der Waals surface area contributed by atoms with Gasteiger partial charge in [-0.2, -0.15) is 5.10 Å². The number of quaternary nitrogens is 1. The molecule has 136 valence electrons. The van der Waals surface area contributed by atoms with E-state index in [1.165, 1.54) is 28.7 Å². The van der Waals surface area contributed by atoms with Crippen LogP contribution in [-0.4, -0.2) is 42.3 Å². The highest BCUT2D eigenvalue weighted by atomic mass is 35.5. The number of rotatable bonds is 5. The van der Waals surface area contributed by atoms with Crippen LogP contribution >= 0.6 is 23.2 Å². The van der Waals surface area contributed by atoms with Gasteiger partial charge in [-0.25, -0.2) is 0 Å². The highest BCUT2D eigenvalue weighted by Gasteiger charge is 2.19. The number of nitrogens with zero attached hydrogens (tertiary/aromatic N) is 3. The van der Waals surface area contributed by atoms with Crippen molar-refractivity contribution in [2.45, 2.75) is 6.54 Å². The first-order valence-electron chi connectivity index (χ1n) is 8.32. The number of hydrogen-bond acceptors (Lipinski definition) is 4. The van der Waals surface area contributed by atoms with Crippen LogP contribution < -0.4 is 4.90 Å². The van der Waals surface area contributed by atoms with Crippen LogP contribution in [0.15, 0.2) is 47.6 Å². The van der Waals surface area contributed by atoms with Crippen molar-refractivity contribution >= 4 is 35.1 Å². The summed E-state index contributed by atoms with van der Waals surface area (Å²) in [5.41, 5.74) is 1.83. The minimum absolute atomic E-state index is 0.00748. The normalized spacial score (nSPS) is 15.5. The van der Waals surface area contributed by atoms with Crippen molar-refractivity contribution in [3.63, 3.8) is 0 Å². The number of nitro benzene ring substituents is 1. The van der Waals surface area contributed by atoms with E-state index < -0.39 is 4.92 Å². The van der Waals surface area contributed by atoms with Gasteiger partial charge >= 0.3 is 0 Å². The third-order valence-corrected chi connectivity index (χ3v) is 4.96. The zero-order chi connectivity index (χ0) is 18.5. The maximum atomic E-state index is 10.9. The Hall–Kier alpha value is -2.15. The molecular formula is C18H19Cl2N4O2+. The van der Waals surface area contributed by atoms with Crippen LogP contribution in [0, 0.1) is 10.1 Å². The van der Waals surface area contributed by atoms with Crippen LogP contribution in [-0.2, 0) is 6.54 Å². The second-order valence-corrected chi connectivity index (χ2v) is 7.06. The largest absolute Gasteiger partial charge is 0.328 e. The Morgan fingerprint density at radius 3 is 2.50 bits per heavy atom. The number of hydrazone groups is 1. The minimum atomic E-state index is -0.438. The molecule has 26 heavy (non-hydrogen) atoms. The summed E-state index contributed by atoms with van der Waals surface area (Å²) >= 11 is 12.0. The summed E-state index contributed by atoms with van der Waals surface area (Å²) < 4.78 is 0. The lowest BCUT2D eigenvalue weighted by Gasteiger charge is -2.30. The van der Waals surface area contributed by atoms with Gasteiger partial charge in [0.25, 0.3) is 5.69 Å². The third kappa shape index (κ3) is 4.94. The lowest BCUT2D eigenvalue weighted by Crippen LogP contribution is -3.13. The van der Waals surface area contributed by atoms with E-state index in [2.05, 4.69) is 17.2 Å². The first-order valence-corrected chi connectivity index (χ1v) is 9.08. The smallest absolute Gasteiger partial charge is 0.270 e. The van der Waals surface area contributed by atoms with Gasteiger partial charge in [0.05, 0.1) is 37.3 Å². The van der Waals surface area contributed by atoms with Crippen molar-refractivity contribution in [2.75, 3.05) is 26.2 Å². The van der Waals surface area contributed by atoms with Gasteiger partial charge in [0.1, 0.15) is 6.54 Å². The second kappa shape index (κ2) is 8.49. The van der Waals surface area contributed by atoms with E-state index in [-0.39, 0.29) is 5.69 Å². The maximum Gasteiger partial charge on any atom is 0.270 e. The van der Waals surface area contributed by atoms with Crippen LogP contribution in [0.2, 0.25) is 10.0 Å². The fraction of sp³-hybridized carbons (Fsp3) is 0.278. The fourth-order valence-corrected chi connectivity index (χ4v) is 3.17. The summed E-state index contributed by atoms with van der Waals surface area (Å²) in [5.74, 6) is 0. The molecule has 2 aromatic rings. The average molecular weight is 394 g/mol. The Labute approximate surface area is 161 Å². The quantitative estimate of drug-likeness (QED) is 0.482. The van der Waals surface area contributed by atoms with E-state index in [9.17, 15) is 10.1 Å². The van der Waals surface area contributed by atoms with Gasteiger partial charge < -0.3 is 4.90 Å². The van der Waals surface area contributed by atoms with E-state index in [1.807, 2.05) is 17.1 Å². The number of halogens is 2. The molecule has 0 radical (unpaired) electrons. The molecule has 8 heteroatoms. The molecule has 0 spiro atoms. The molecule has 1 N–H and O–H groups in total. The summed E-state index contributed by atoms with van der Waals surface area (Å²) in [6.45, 7) is 4.56. The molecule has 3 rings (SSSR count). The number of benzene rings is 2. The van der Waals surface area contributed by atoms with Crippen LogP contribution in [0.5, 0.6) is 0 Å². The van der Waals surface area contributed by atoms with Gasteiger partial charge in [-0.05, 0) is 18.2 Å². The number of piperazine rings is 1. The van der Waals surface area contributed by atoms with E-state index in [1.54, 1.807) is 6.21 Å². The summed E-state index contributed by atoms with van der Waals surface area (Å²) in [4.78, 5) is 11.9. The highest BCUT2D eigenvalue weighted by molar-refractivity contribution is 6.33. The Morgan fingerprint density at radius 2 is 1.85 bits per heavy atom. The van der Waals surface area contributed by atoms with E-state index >= 15 is 0 Å². The SMILES string of the molecule is O=[N+]([O-])c1ccc(Cl)c(/C=N\N2CC[NH+](Cc3ccc(Cl)cc3)CC2)c1. The van der Waals surface area contributed by atoms with Crippen molar-refractivity contribution in [3.05, 3.63) is 73.8 Å². The second-order valence-electron chi connectivity index (χ2n) is 6.21. The summed E-state index contributed by atoms with van der Waals surface area (Å²) in [7, 11) is 0. The van der Waals surface area contributed by atoms with Crippen LogP contribution in [0.25, 0.3) is 0 Å². The molecule has 0 unspecified atom stereocenters. The van der Waals surface area contributed by atoms with Crippen molar-refractivity contribution in [2.24, 2.45) is 5.10 Å². The van der Waals surface area contributed by atoms with Gasteiger partial charge in [-0.1, -0.05) is 35.3 Å².